The number of amides is 2. The smallest absolute Gasteiger partial charge is 0.259 e. The maximum Gasteiger partial charge on any atom is 0.259 e. The van der Waals surface area contributed by atoms with Crippen LogP contribution < -0.4 is 15.5 Å². The largest absolute Gasteiger partial charge is 0.457 e. The summed E-state index contributed by atoms with van der Waals surface area (Å²) in [5, 5.41) is 11.3. The van der Waals surface area contributed by atoms with Crippen LogP contribution in [0.3, 0.4) is 0 Å². The summed E-state index contributed by atoms with van der Waals surface area (Å²) in [5.41, 5.74) is 2.44. The van der Waals surface area contributed by atoms with E-state index in [0.29, 0.717) is 17.0 Å². The summed E-state index contributed by atoms with van der Waals surface area (Å²) in [6, 6.07) is 15.6. The van der Waals surface area contributed by atoms with E-state index >= 15 is 0 Å². The van der Waals surface area contributed by atoms with E-state index in [1.807, 2.05) is 0 Å². The number of rotatable bonds is 7. The minimum atomic E-state index is -0.630. The van der Waals surface area contributed by atoms with Crippen molar-refractivity contribution in [2.45, 2.75) is 12.8 Å². The van der Waals surface area contributed by atoms with Gasteiger partial charge in [0.2, 0.25) is 5.91 Å². The average Bonchev–Trinajstić information content (AvgIpc) is 2.75. The highest BCUT2D eigenvalue weighted by Crippen LogP contribution is 2.27. The zero-order valence-electron chi connectivity index (χ0n) is 15.7. The van der Waals surface area contributed by atoms with E-state index in [4.69, 9.17) is 9.94 Å². The molecule has 8 heteroatoms. The normalized spacial score (nSPS) is 10.4. The van der Waals surface area contributed by atoms with Gasteiger partial charge in [-0.2, -0.15) is 0 Å². The predicted molar refractivity (Wildman–Crippen MR) is 106 cm³/mol. The summed E-state index contributed by atoms with van der Waals surface area (Å²) in [6.45, 7) is 0. The first-order valence-electron chi connectivity index (χ1n) is 9.01. The van der Waals surface area contributed by atoms with Gasteiger partial charge in [0.05, 0.1) is 5.56 Å². The van der Waals surface area contributed by atoms with Gasteiger partial charge in [0.1, 0.15) is 23.1 Å². The predicted octanol–water partition coefficient (Wildman–Crippen LogP) is 4.45. The standard InChI is InChI=1S/C22H18F2N2O4/c23-15-6-9-17(10-7-15)30-20-4-2-1-3-18(20)22(28)25-19-11-8-16(24)13-14(19)5-12-21(27)26-29/h1-4,6-11,13,29H,5,12H2,(H,25,28)(H,26,27). The van der Waals surface area contributed by atoms with Crippen molar-refractivity contribution >= 4 is 17.5 Å². The highest BCUT2D eigenvalue weighted by atomic mass is 19.1. The van der Waals surface area contributed by atoms with Crippen molar-refractivity contribution < 1.29 is 28.3 Å². The maximum absolute atomic E-state index is 13.6. The molecule has 3 rings (SSSR count). The Morgan fingerprint density at radius 3 is 2.37 bits per heavy atom. The number of nitrogens with one attached hydrogen (secondary N) is 2. The Bertz CT molecular complexity index is 1060. The highest BCUT2D eigenvalue weighted by Gasteiger charge is 2.16. The molecule has 0 aliphatic heterocycles. The van der Waals surface area contributed by atoms with Crippen LogP contribution in [0.1, 0.15) is 22.3 Å². The van der Waals surface area contributed by atoms with Gasteiger partial charge >= 0.3 is 0 Å². The molecule has 0 fully saturated rings. The van der Waals surface area contributed by atoms with Gasteiger partial charge in [0.25, 0.3) is 5.91 Å². The highest BCUT2D eigenvalue weighted by molar-refractivity contribution is 6.06. The summed E-state index contributed by atoms with van der Waals surface area (Å²) in [7, 11) is 0. The zero-order chi connectivity index (χ0) is 21.5. The van der Waals surface area contributed by atoms with Gasteiger partial charge in [-0.1, -0.05) is 12.1 Å². The van der Waals surface area contributed by atoms with Gasteiger partial charge in [0.15, 0.2) is 0 Å². The third kappa shape index (κ3) is 5.39. The Hall–Kier alpha value is -3.78. The van der Waals surface area contributed by atoms with Crippen LogP contribution in [0.15, 0.2) is 66.7 Å². The first kappa shape index (κ1) is 20.9. The molecule has 6 nitrogen and oxygen atoms in total. The number of hydroxylamine groups is 1. The number of anilines is 1. The van der Waals surface area contributed by atoms with Gasteiger partial charge in [-0.3, -0.25) is 14.8 Å². The molecule has 0 unspecified atom stereocenters. The molecule has 30 heavy (non-hydrogen) atoms. The van der Waals surface area contributed by atoms with Gasteiger partial charge in [-0.05, 0) is 66.6 Å². The van der Waals surface area contributed by atoms with E-state index < -0.39 is 23.4 Å². The van der Waals surface area contributed by atoms with Crippen molar-refractivity contribution in [3.05, 3.63) is 89.5 Å². The number of benzene rings is 3. The molecule has 0 saturated carbocycles. The molecule has 0 aliphatic rings. The lowest BCUT2D eigenvalue weighted by Gasteiger charge is -2.14. The van der Waals surface area contributed by atoms with Crippen LogP contribution in [0.4, 0.5) is 14.5 Å². The van der Waals surface area contributed by atoms with Crippen LogP contribution in [0.25, 0.3) is 0 Å². The zero-order valence-corrected chi connectivity index (χ0v) is 15.7. The summed E-state index contributed by atoms with van der Waals surface area (Å²) < 4.78 is 32.4. The molecule has 0 heterocycles. The summed E-state index contributed by atoms with van der Waals surface area (Å²) >= 11 is 0. The molecule has 3 N–H and O–H groups in total. The van der Waals surface area contributed by atoms with Crippen LogP contribution in [0.2, 0.25) is 0 Å². The van der Waals surface area contributed by atoms with Crippen molar-refractivity contribution in [1.29, 1.82) is 0 Å². The number of hydrogen-bond acceptors (Lipinski definition) is 4. The second kappa shape index (κ2) is 9.62. The number of hydrogen-bond donors (Lipinski definition) is 3. The number of halogens is 2. The van der Waals surface area contributed by atoms with Crippen LogP contribution in [-0.2, 0) is 11.2 Å². The van der Waals surface area contributed by atoms with Crippen LogP contribution in [0, 0.1) is 11.6 Å². The lowest BCUT2D eigenvalue weighted by molar-refractivity contribution is -0.129. The average molecular weight is 412 g/mol. The lowest BCUT2D eigenvalue weighted by Crippen LogP contribution is -2.19. The van der Waals surface area contributed by atoms with E-state index in [9.17, 15) is 18.4 Å². The first-order chi connectivity index (χ1) is 14.5. The third-order valence-electron chi connectivity index (χ3n) is 4.23. The second-order valence-corrected chi connectivity index (χ2v) is 6.34. The Balaban J connectivity index is 1.81. The molecule has 0 saturated heterocycles. The fourth-order valence-corrected chi connectivity index (χ4v) is 2.76. The summed E-state index contributed by atoms with van der Waals surface area (Å²) in [6.07, 6.45) is 0.0145. The fraction of sp³-hybridized carbons (Fsp3) is 0.0909. The Morgan fingerprint density at radius 1 is 0.933 bits per heavy atom. The van der Waals surface area contributed by atoms with Gasteiger partial charge < -0.3 is 10.1 Å². The Kier molecular flexibility index (Phi) is 6.71. The minimum Gasteiger partial charge on any atom is -0.457 e. The number of ether oxygens (including phenoxy) is 1. The van der Waals surface area contributed by atoms with Crippen molar-refractivity contribution in [2.75, 3.05) is 5.32 Å². The molecule has 0 aromatic heterocycles. The van der Waals surface area contributed by atoms with Crippen LogP contribution >= 0.6 is 0 Å². The van der Waals surface area contributed by atoms with E-state index in [1.54, 1.807) is 24.3 Å². The molecule has 2 amide bonds. The van der Waals surface area contributed by atoms with E-state index in [0.717, 1.165) is 0 Å². The molecule has 0 radical (unpaired) electrons. The van der Waals surface area contributed by atoms with E-state index in [1.165, 1.54) is 47.9 Å². The maximum atomic E-state index is 13.6. The first-order valence-corrected chi connectivity index (χ1v) is 9.01. The van der Waals surface area contributed by atoms with Gasteiger partial charge in [0, 0.05) is 12.1 Å². The lowest BCUT2D eigenvalue weighted by atomic mass is 10.1. The van der Waals surface area contributed by atoms with Crippen molar-refractivity contribution in [3.63, 3.8) is 0 Å². The minimum absolute atomic E-state index is 0.0902. The third-order valence-corrected chi connectivity index (χ3v) is 4.23. The Labute approximate surface area is 171 Å². The van der Waals surface area contributed by atoms with Gasteiger partial charge in [-0.15, -0.1) is 0 Å². The van der Waals surface area contributed by atoms with Crippen molar-refractivity contribution in [3.8, 4) is 11.5 Å². The fourth-order valence-electron chi connectivity index (χ4n) is 2.76. The number of carbonyl (C=O) groups is 2. The molecule has 3 aromatic rings. The number of aryl methyl sites for hydroxylation is 1. The summed E-state index contributed by atoms with van der Waals surface area (Å²) in [4.78, 5) is 24.1. The topological polar surface area (TPSA) is 87.7 Å². The molecule has 154 valence electrons. The molecule has 0 bridgehead atoms. The van der Waals surface area contributed by atoms with Crippen molar-refractivity contribution in [1.82, 2.24) is 5.48 Å². The number of para-hydroxylation sites is 1. The monoisotopic (exact) mass is 412 g/mol. The van der Waals surface area contributed by atoms with Crippen LogP contribution in [-0.4, -0.2) is 17.0 Å². The van der Waals surface area contributed by atoms with E-state index in [2.05, 4.69) is 5.32 Å². The Morgan fingerprint density at radius 2 is 1.63 bits per heavy atom. The SMILES string of the molecule is O=C(CCc1cc(F)ccc1NC(=O)c1ccccc1Oc1ccc(F)cc1)NO. The molecular weight excluding hydrogens is 394 g/mol. The second-order valence-electron chi connectivity index (χ2n) is 6.34. The molecule has 0 atom stereocenters. The summed E-state index contributed by atoms with van der Waals surface area (Å²) in [5.74, 6) is -1.46. The van der Waals surface area contributed by atoms with Crippen molar-refractivity contribution in [2.24, 2.45) is 0 Å². The molecule has 0 aliphatic carbocycles. The number of carbonyl (C=O) groups excluding carboxylic acids is 2. The quantitative estimate of drug-likeness (QED) is 0.395. The van der Waals surface area contributed by atoms with E-state index in [-0.39, 0.29) is 24.2 Å². The molecular formula is C22H18F2N2O4. The molecule has 0 spiro atoms. The van der Waals surface area contributed by atoms with Gasteiger partial charge in [-0.25, -0.2) is 14.3 Å². The van der Waals surface area contributed by atoms with Crippen LogP contribution in [0.5, 0.6) is 11.5 Å². The molecule has 3 aromatic carbocycles.